The summed E-state index contributed by atoms with van der Waals surface area (Å²) in [5.74, 6) is -0.208. The quantitative estimate of drug-likeness (QED) is 0.877. The SMILES string of the molecule is CCC(N)C(c1cccc(F)c1)N(C)Cc1cccs1. The number of thiophene rings is 1. The van der Waals surface area contributed by atoms with Crippen LogP contribution < -0.4 is 5.73 Å². The molecule has 0 saturated carbocycles. The molecule has 20 heavy (non-hydrogen) atoms. The molecule has 1 heterocycles. The summed E-state index contributed by atoms with van der Waals surface area (Å²) in [5.41, 5.74) is 7.21. The van der Waals surface area contributed by atoms with Crippen molar-refractivity contribution in [3.05, 3.63) is 58.0 Å². The van der Waals surface area contributed by atoms with Crippen molar-refractivity contribution in [2.45, 2.75) is 32.0 Å². The van der Waals surface area contributed by atoms with Crippen LogP contribution in [0.2, 0.25) is 0 Å². The molecule has 0 radical (unpaired) electrons. The van der Waals surface area contributed by atoms with Gasteiger partial charge in [-0.3, -0.25) is 4.90 Å². The van der Waals surface area contributed by atoms with Crippen molar-refractivity contribution in [3.8, 4) is 0 Å². The van der Waals surface area contributed by atoms with Crippen LogP contribution in [0.4, 0.5) is 4.39 Å². The van der Waals surface area contributed by atoms with E-state index < -0.39 is 0 Å². The zero-order valence-corrected chi connectivity index (χ0v) is 12.7. The van der Waals surface area contributed by atoms with Crippen LogP contribution in [0.15, 0.2) is 41.8 Å². The van der Waals surface area contributed by atoms with Gasteiger partial charge in [-0.1, -0.05) is 25.1 Å². The molecule has 0 saturated heterocycles. The third-order valence-electron chi connectivity index (χ3n) is 3.53. The average molecular weight is 292 g/mol. The number of halogens is 1. The summed E-state index contributed by atoms with van der Waals surface area (Å²) in [6.07, 6.45) is 0.857. The second-order valence-corrected chi connectivity index (χ2v) is 6.10. The number of hydrogen-bond donors (Lipinski definition) is 1. The molecule has 108 valence electrons. The van der Waals surface area contributed by atoms with Crippen LogP contribution in [0.1, 0.15) is 29.8 Å². The van der Waals surface area contributed by atoms with Gasteiger partial charge in [0.25, 0.3) is 0 Å². The first kappa shape index (κ1) is 15.2. The normalized spacial score (nSPS) is 14.4. The zero-order valence-electron chi connectivity index (χ0n) is 11.9. The van der Waals surface area contributed by atoms with Crippen LogP contribution in [0.5, 0.6) is 0 Å². The monoisotopic (exact) mass is 292 g/mol. The molecular weight excluding hydrogens is 271 g/mol. The van der Waals surface area contributed by atoms with Crippen LogP contribution in [0.25, 0.3) is 0 Å². The second kappa shape index (κ2) is 6.97. The predicted octanol–water partition coefficient (Wildman–Crippen LogP) is 3.80. The first-order valence-electron chi connectivity index (χ1n) is 6.85. The maximum atomic E-state index is 13.5. The van der Waals surface area contributed by atoms with E-state index in [2.05, 4.69) is 23.3 Å². The highest BCUT2D eigenvalue weighted by Crippen LogP contribution is 2.26. The summed E-state index contributed by atoms with van der Waals surface area (Å²) in [7, 11) is 2.05. The van der Waals surface area contributed by atoms with Crippen LogP contribution in [-0.4, -0.2) is 18.0 Å². The second-order valence-electron chi connectivity index (χ2n) is 5.07. The van der Waals surface area contributed by atoms with Gasteiger partial charge in [-0.25, -0.2) is 4.39 Å². The smallest absolute Gasteiger partial charge is 0.123 e. The Morgan fingerprint density at radius 2 is 2.10 bits per heavy atom. The molecule has 0 spiro atoms. The summed E-state index contributed by atoms with van der Waals surface area (Å²) in [6.45, 7) is 2.89. The van der Waals surface area contributed by atoms with Crippen LogP contribution in [0.3, 0.4) is 0 Å². The molecule has 0 aliphatic heterocycles. The minimum absolute atomic E-state index is 0.0123. The standard InChI is InChI=1S/C16H21FN2S/c1-3-15(18)16(12-6-4-7-13(17)10-12)19(2)11-14-8-5-9-20-14/h4-10,15-16H,3,11,18H2,1-2H3. The third kappa shape index (κ3) is 3.66. The largest absolute Gasteiger partial charge is 0.326 e. The van der Waals surface area contributed by atoms with E-state index >= 15 is 0 Å². The number of nitrogens with two attached hydrogens (primary N) is 1. The molecular formula is C16H21FN2S. The van der Waals surface area contributed by atoms with Gasteiger partial charge in [0.2, 0.25) is 0 Å². The number of benzene rings is 1. The fourth-order valence-corrected chi connectivity index (χ4v) is 3.26. The van der Waals surface area contributed by atoms with E-state index in [4.69, 9.17) is 5.73 Å². The van der Waals surface area contributed by atoms with Gasteiger partial charge in [0.15, 0.2) is 0 Å². The molecule has 1 aromatic carbocycles. The summed E-state index contributed by atoms with van der Waals surface area (Å²) in [6, 6.07) is 10.9. The lowest BCUT2D eigenvalue weighted by Gasteiger charge is -2.32. The first-order valence-corrected chi connectivity index (χ1v) is 7.73. The van der Waals surface area contributed by atoms with E-state index in [0.29, 0.717) is 0 Å². The average Bonchev–Trinajstić information content (AvgIpc) is 2.91. The van der Waals surface area contributed by atoms with Crippen LogP contribution >= 0.6 is 11.3 Å². The van der Waals surface area contributed by atoms with Crippen molar-refractivity contribution < 1.29 is 4.39 Å². The van der Waals surface area contributed by atoms with Crippen molar-refractivity contribution in [2.24, 2.45) is 5.73 Å². The molecule has 2 aromatic rings. The first-order chi connectivity index (χ1) is 9.61. The summed E-state index contributed by atoms with van der Waals surface area (Å²) < 4.78 is 13.5. The van der Waals surface area contributed by atoms with E-state index in [1.165, 1.54) is 10.9 Å². The maximum Gasteiger partial charge on any atom is 0.123 e. The minimum Gasteiger partial charge on any atom is -0.326 e. The van der Waals surface area contributed by atoms with Crippen molar-refractivity contribution in [3.63, 3.8) is 0 Å². The Morgan fingerprint density at radius 3 is 2.70 bits per heavy atom. The van der Waals surface area contributed by atoms with Gasteiger partial charge in [0, 0.05) is 17.5 Å². The Kier molecular flexibility index (Phi) is 5.29. The number of rotatable bonds is 6. The lowest BCUT2D eigenvalue weighted by Crippen LogP contribution is -2.38. The van der Waals surface area contributed by atoms with Gasteiger partial charge in [0.05, 0.1) is 6.04 Å². The zero-order chi connectivity index (χ0) is 14.5. The molecule has 0 amide bonds. The van der Waals surface area contributed by atoms with Crippen molar-refractivity contribution in [1.29, 1.82) is 0 Å². The Labute approximate surface area is 124 Å². The molecule has 4 heteroatoms. The Hall–Kier alpha value is -1.23. The lowest BCUT2D eigenvalue weighted by molar-refractivity contribution is 0.203. The number of nitrogens with zero attached hydrogens (tertiary/aromatic N) is 1. The highest BCUT2D eigenvalue weighted by atomic mass is 32.1. The van der Waals surface area contributed by atoms with Gasteiger partial charge < -0.3 is 5.73 Å². The predicted molar refractivity (Wildman–Crippen MR) is 83.2 cm³/mol. The van der Waals surface area contributed by atoms with E-state index in [0.717, 1.165) is 18.5 Å². The number of likely N-dealkylation sites (N-methyl/N-ethyl adjacent to an activating group) is 1. The van der Waals surface area contributed by atoms with E-state index in [1.807, 2.05) is 19.2 Å². The lowest BCUT2D eigenvalue weighted by atomic mass is 9.96. The maximum absolute atomic E-state index is 13.5. The van der Waals surface area contributed by atoms with E-state index in [1.54, 1.807) is 23.5 Å². The summed E-state index contributed by atoms with van der Waals surface area (Å²) in [5, 5.41) is 2.07. The van der Waals surface area contributed by atoms with Crippen LogP contribution in [-0.2, 0) is 6.54 Å². The highest BCUT2D eigenvalue weighted by molar-refractivity contribution is 7.09. The van der Waals surface area contributed by atoms with E-state index in [-0.39, 0.29) is 17.9 Å². The molecule has 0 fully saturated rings. The van der Waals surface area contributed by atoms with Crippen LogP contribution in [0, 0.1) is 5.82 Å². The van der Waals surface area contributed by atoms with Gasteiger partial charge in [0.1, 0.15) is 5.82 Å². The topological polar surface area (TPSA) is 29.3 Å². The molecule has 0 aliphatic rings. The Balaban J connectivity index is 2.23. The van der Waals surface area contributed by atoms with Gasteiger partial charge in [-0.15, -0.1) is 11.3 Å². The van der Waals surface area contributed by atoms with Crippen molar-refractivity contribution in [1.82, 2.24) is 4.90 Å². The molecule has 2 N–H and O–H groups in total. The molecule has 2 nitrogen and oxygen atoms in total. The van der Waals surface area contributed by atoms with Gasteiger partial charge in [-0.2, -0.15) is 0 Å². The summed E-state index contributed by atoms with van der Waals surface area (Å²) >= 11 is 1.73. The molecule has 2 rings (SSSR count). The van der Waals surface area contributed by atoms with E-state index in [9.17, 15) is 4.39 Å². The molecule has 1 aromatic heterocycles. The fraction of sp³-hybridized carbons (Fsp3) is 0.375. The summed E-state index contributed by atoms with van der Waals surface area (Å²) in [4.78, 5) is 3.49. The Bertz CT molecular complexity index is 527. The number of hydrogen-bond acceptors (Lipinski definition) is 3. The van der Waals surface area contributed by atoms with Crippen molar-refractivity contribution >= 4 is 11.3 Å². The van der Waals surface area contributed by atoms with Crippen molar-refractivity contribution in [2.75, 3.05) is 7.05 Å². The molecule has 2 atom stereocenters. The van der Waals surface area contributed by atoms with Gasteiger partial charge in [-0.05, 0) is 42.6 Å². The molecule has 0 aliphatic carbocycles. The molecule has 2 unspecified atom stereocenters. The van der Waals surface area contributed by atoms with Gasteiger partial charge >= 0.3 is 0 Å². The Morgan fingerprint density at radius 1 is 1.30 bits per heavy atom. The third-order valence-corrected chi connectivity index (χ3v) is 4.39. The minimum atomic E-state index is -0.208. The molecule has 0 bridgehead atoms. The highest BCUT2D eigenvalue weighted by Gasteiger charge is 2.23. The fourth-order valence-electron chi connectivity index (χ4n) is 2.49.